The molecule has 8 heteroatoms. The van der Waals surface area contributed by atoms with E-state index in [9.17, 15) is 19.5 Å². The monoisotopic (exact) mass is 357 g/mol. The largest absolute Gasteiger partial charge is 0.480 e. The van der Waals surface area contributed by atoms with Crippen LogP contribution in [0.5, 0.6) is 0 Å². The molecule has 0 saturated carbocycles. The summed E-state index contributed by atoms with van der Waals surface area (Å²) < 4.78 is 5.28. The quantitative estimate of drug-likeness (QED) is 0.573. The lowest BCUT2D eigenvalue weighted by atomic mass is 9.88. The van der Waals surface area contributed by atoms with Crippen LogP contribution in [-0.2, 0) is 19.1 Å². The lowest BCUT2D eigenvalue weighted by Crippen LogP contribution is -2.56. The molecule has 0 bridgehead atoms. The second-order valence-corrected chi connectivity index (χ2v) is 7.66. The van der Waals surface area contributed by atoms with Gasteiger partial charge >= 0.3 is 5.97 Å². The molecule has 0 aromatic rings. The lowest BCUT2D eigenvalue weighted by Gasteiger charge is -2.30. The molecular formula is C17H31N3O5. The van der Waals surface area contributed by atoms with Gasteiger partial charge in [0.15, 0.2) is 0 Å². The molecule has 2 amide bonds. The number of nitrogens with zero attached hydrogens (tertiary/aromatic N) is 1. The van der Waals surface area contributed by atoms with Gasteiger partial charge in [0.1, 0.15) is 12.1 Å². The standard InChI is InChI=1S/C17H31N3O5/c1-12(21)18-14(11-20-7-9-25-10-8-20)15(22)19-13(16(23)24)5-6-17(2,3)4/h13-14H,5-11H2,1-4H3,(H,18,21)(H,19,22)(H,23,24). The van der Waals surface area contributed by atoms with Crippen LogP contribution < -0.4 is 10.6 Å². The van der Waals surface area contributed by atoms with Gasteiger partial charge in [-0.2, -0.15) is 0 Å². The van der Waals surface area contributed by atoms with Crippen molar-refractivity contribution in [2.45, 2.75) is 52.6 Å². The van der Waals surface area contributed by atoms with Gasteiger partial charge in [-0.1, -0.05) is 20.8 Å². The molecule has 144 valence electrons. The Labute approximate surface area is 149 Å². The van der Waals surface area contributed by atoms with Crippen LogP contribution in [0.2, 0.25) is 0 Å². The molecule has 1 heterocycles. The summed E-state index contributed by atoms with van der Waals surface area (Å²) in [6.07, 6.45) is 1.01. The molecule has 2 atom stereocenters. The van der Waals surface area contributed by atoms with E-state index in [-0.39, 0.29) is 11.3 Å². The number of carboxylic acids is 1. The Morgan fingerprint density at radius 3 is 2.20 bits per heavy atom. The molecule has 1 aliphatic heterocycles. The third-order valence-electron chi connectivity index (χ3n) is 4.04. The highest BCUT2D eigenvalue weighted by atomic mass is 16.5. The van der Waals surface area contributed by atoms with Crippen molar-refractivity contribution in [3.05, 3.63) is 0 Å². The molecule has 1 fully saturated rings. The Hall–Kier alpha value is -1.67. The number of morpholine rings is 1. The molecule has 0 spiro atoms. The molecule has 3 N–H and O–H groups in total. The first-order valence-corrected chi connectivity index (χ1v) is 8.69. The third kappa shape index (κ3) is 8.83. The maximum absolute atomic E-state index is 12.5. The molecule has 8 nitrogen and oxygen atoms in total. The number of ether oxygens (including phenoxy) is 1. The van der Waals surface area contributed by atoms with Crippen LogP contribution in [0.15, 0.2) is 0 Å². The molecule has 1 aliphatic rings. The minimum Gasteiger partial charge on any atom is -0.480 e. The molecule has 25 heavy (non-hydrogen) atoms. The number of hydrogen-bond donors (Lipinski definition) is 3. The fourth-order valence-electron chi connectivity index (χ4n) is 2.59. The number of nitrogens with one attached hydrogen (secondary N) is 2. The Bertz CT molecular complexity index is 469. The topological polar surface area (TPSA) is 108 Å². The minimum atomic E-state index is -1.06. The van der Waals surface area contributed by atoms with Crippen LogP contribution in [0.3, 0.4) is 0 Å². The highest BCUT2D eigenvalue weighted by Gasteiger charge is 2.28. The van der Waals surface area contributed by atoms with Crippen molar-refractivity contribution in [3.63, 3.8) is 0 Å². The average Bonchev–Trinajstić information content (AvgIpc) is 2.50. The second kappa shape index (κ2) is 9.72. The van der Waals surface area contributed by atoms with E-state index in [1.165, 1.54) is 6.92 Å². The predicted octanol–water partition coefficient (Wildman–Crippen LogP) is 0.219. The van der Waals surface area contributed by atoms with E-state index in [0.29, 0.717) is 45.7 Å². The Kier molecular flexibility index (Phi) is 8.31. The van der Waals surface area contributed by atoms with Gasteiger partial charge in [0.25, 0.3) is 0 Å². The van der Waals surface area contributed by atoms with Crippen molar-refractivity contribution in [2.75, 3.05) is 32.8 Å². The molecule has 0 aromatic carbocycles. The zero-order chi connectivity index (χ0) is 19.0. The number of aliphatic carboxylic acids is 1. The Morgan fingerprint density at radius 2 is 1.72 bits per heavy atom. The number of carboxylic acid groups (broad SMARTS) is 1. The molecule has 0 aliphatic carbocycles. The highest BCUT2D eigenvalue weighted by Crippen LogP contribution is 2.21. The van der Waals surface area contributed by atoms with Crippen molar-refractivity contribution >= 4 is 17.8 Å². The van der Waals surface area contributed by atoms with Crippen molar-refractivity contribution in [1.29, 1.82) is 0 Å². The Morgan fingerprint density at radius 1 is 1.12 bits per heavy atom. The fraction of sp³-hybridized carbons (Fsp3) is 0.824. The van der Waals surface area contributed by atoms with Gasteiger partial charge in [0, 0.05) is 26.6 Å². The Balaban J connectivity index is 2.69. The van der Waals surface area contributed by atoms with E-state index < -0.39 is 24.0 Å². The minimum absolute atomic E-state index is 0.0245. The summed E-state index contributed by atoms with van der Waals surface area (Å²) in [5.74, 6) is -1.86. The molecule has 0 radical (unpaired) electrons. The molecule has 2 unspecified atom stereocenters. The molecule has 0 aromatic heterocycles. The highest BCUT2D eigenvalue weighted by molar-refractivity contribution is 5.90. The smallest absolute Gasteiger partial charge is 0.326 e. The van der Waals surface area contributed by atoms with E-state index in [0.717, 1.165) is 0 Å². The summed E-state index contributed by atoms with van der Waals surface area (Å²) in [4.78, 5) is 37.5. The number of rotatable bonds is 8. The number of carbonyl (C=O) groups excluding carboxylic acids is 2. The fourth-order valence-corrected chi connectivity index (χ4v) is 2.59. The maximum atomic E-state index is 12.5. The van der Waals surface area contributed by atoms with Crippen molar-refractivity contribution in [2.24, 2.45) is 5.41 Å². The van der Waals surface area contributed by atoms with Crippen LogP contribution in [0.4, 0.5) is 0 Å². The van der Waals surface area contributed by atoms with Crippen LogP contribution >= 0.6 is 0 Å². The molecular weight excluding hydrogens is 326 g/mol. The zero-order valence-electron chi connectivity index (χ0n) is 15.6. The van der Waals surface area contributed by atoms with Gasteiger partial charge in [0.05, 0.1) is 13.2 Å². The summed E-state index contributed by atoms with van der Waals surface area (Å²) in [7, 11) is 0. The van der Waals surface area contributed by atoms with Gasteiger partial charge in [-0.25, -0.2) is 4.79 Å². The third-order valence-corrected chi connectivity index (χ3v) is 4.04. The van der Waals surface area contributed by atoms with Gasteiger partial charge in [0.2, 0.25) is 11.8 Å². The first-order chi connectivity index (χ1) is 11.6. The SMILES string of the molecule is CC(=O)NC(CN1CCOCC1)C(=O)NC(CCC(C)(C)C)C(=O)O. The summed E-state index contributed by atoms with van der Waals surface area (Å²) in [6.45, 7) is 10.3. The predicted molar refractivity (Wildman–Crippen MR) is 93.1 cm³/mol. The normalized spacial score (nSPS) is 18.2. The first kappa shape index (κ1) is 21.4. The van der Waals surface area contributed by atoms with Gasteiger partial charge < -0.3 is 20.5 Å². The van der Waals surface area contributed by atoms with Gasteiger partial charge in [-0.05, 0) is 18.3 Å². The molecule has 1 rings (SSSR count). The van der Waals surface area contributed by atoms with E-state index in [4.69, 9.17) is 4.74 Å². The number of carbonyl (C=O) groups is 3. The lowest BCUT2D eigenvalue weighted by molar-refractivity contribution is -0.142. The van der Waals surface area contributed by atoms with Gasteiger partial charge in [-0.3, -0.25) is 14.5 Å². The zero-order valence-corrected chi connectivity index (χ0v) is 15.6. The van der Waals surface area contributed by atoms with Crippen LogP contribution in [-0.4, -0.2) is 72.7 Å². The summed E-state index contributed by atoms with van der Waals surface area (Å²) in [6, 6.07) is -1.75. The van der Waals surface area contributed by atoms with E-state index in [2.05, 4.69) is 10.6 Å². The maximum Gasteiger partial charge on any atom is 0.326 e. The van der Waals surface area contributed by atoms with Crippen molar-refractivity contribution in [3.8, 4) is 0 Å². The number of hydrogen-bond acceptors (Lipinski definition) is 5. The van der Waals surface area contributed by atoms with Crippen LogP contribution in [0.25, 0.3) is 0 Å². The van der Waals surface area contributed by atoms with Gasteiger partial charge in [-0.15, -0.1) is 0 Å². The van der Waals surface area contributed by atoms with Crippen molar-refractivity contribution in [1.82, 2.24) is 15.5 Å². The van der Waals surface area contributed by atoms with E-state index in [1.807, 2.05) is 25.7 Å². The molecule has 1 saturated heterocycles. The van der Waals surface area contributed by atoms with E-state index in [1.54, 1.807) is 0 Å². The summed E-state index contributed by atoms with van der Waals surface area (Å²) in [5, 5.41) is 14.6. The first-order valence-electron chi connectivity index (χ1n) is 8.69. The number of amides is 2. The van der Waals surface area contributed by atoms with E-state index >= 15 is 0 Å². The average molecular weight is 357 g/mol. The van der Waals surface area contributed by atoms with Crippen LogP contribution in [0, 0.1) is 5.41 Å². The van der Waals surface area contributed by atoms with Crippen molar-refractivity contribution < 1.29 is 24.2 Å². The summed E-state index contributed by atoms with van der Waals surface area (Å²) >= 11 is 0. The van der Waals surface area contributed by atoms with Crippen LogP contribution in [0.1, 0.15) is 40.5 Å². The summed E-state index contributed by atoms with van der Waals surface area (Å²) in [5.41, 5.74) is -0.0245. The second-order valence-electron chi connectivity index (χ2n) is 7.66.